The van der Waals surface area contributed by atoms with Gasteiger partial charge in [-0.2, -0.15) is 0 Å². The van der Waals surface area contributed by atoms with E-state index >= 15 is 0 Å². The number of hydrogen-bond donors (Lipinski definition) is 1. The van der Waals surface area contributed by atoms with Crippen molar-refractivity contribution in [2.45, 2.75) is 26.3 Å². The van der Waals surface area contributed by atoms with Crippen LogP contribution in [0, 0.1) is 5.92 Å². The smallest absolute Gasteiger partial charge is 0.317 e. The molecule has 2 heterocycles. The SMILES string of the molecule is CC1CCN(C(=O)NCc2ccoc2)CC1. The number of nitrogens with one attached hydrogen (secondary N) is 1. The number of nitrogens with zero attached hydrogens (tertiary/aromatic N) is 1. The number of hydrogen-bond acceptors (Lipinski definition) is 2. The first-order chi connectivity index (χ1) is 7.75. The zero-order chi connectivity index (χ0) is 11.4. The minimum atomic E-state index is 0.0353. The van der Waals surface area contributed by atoms with Crippen LogP contribution in [0.25, 0.3) is 0 Å². The Balaban J connectivity index is 1.75. The number of furan rings is 1. The zero-order valence-electron chi connectivity index (χ0n) is 9.61. The van der Waals surface area contributed by atoms with Crippen molar-refractivity contribution in [3.8, 4) is 0 Å². The van der Waals surface area contributed by atoms with Gasteiger partial charge in [0.1, 0.15) is 0 Å². The minimum absolute atomic E-state index is 0.0353. The predicted molar refractivity (Wildman–Crippen MR) is 60.9 cm³/mol. The topological polar surface area (TPSA) is 45.5 Å². The van der Waals surface area contributed by atoms with Crippen LogP contribution in [0.5, 0.6) is 0 Å². The fourth-order valence-electron chi connectivity index (χ4n) is 1.89. The maximum absolute atomic E-state index is 11.8. The summed E-state index contributed by atoms with van der Waals surface area (Å²) in [5.41, 5.74) is 0.999. The van der Waals surface area contributed by atoms with Crippen LogP contribution in [-0.2, 0) is 6.54 Å². The van der Waals surface area contributed by atoms with E-state index in [0.29, 0.717) is 6.54 Å². The van der Waals surface area contributed by atoms with Crippen molar-refractivity contribution in [3.63, 3.8) is 0 Å². The molecule has 0 unspecified atom stereocenters. The highest BCUT2D eigenvalue weighted by Crippen LogP contribution is 2.15. The van der Waals surface area contributed by atoms with E-state index in [2.05, 4.69) is 12.2 Å². The molecule has 0 spiro atoms. The Labute approximate surface area is 95.6 Å². The second kappa shape index (κ2) is 5.05. The van der Waals surface area contributed by atoms with Crippen LogP contribution in [0.1, 0.15) is 25.3 Å². The number of amides is 2. The Bertz CT molecular complexity index is 327. The van der Waals surface area contributed by atoms with Gasteiger partial charge in [-0.15, -0.1) is 0 Å². The van der Waals surface area contributed by atoms with Crippen molar-refractivity contribution in [2.75, 3.05) is 13.1 Å². The van der Waals surface area contributed by atoms with Crippen LogP contribution < -0.4 is 5.32 Å². The first-order valence-electron chi connectivity index (χ1n) is 5.79. The Morgan fingerprint density at radius 2 is 2.31 bits per heavy atom. The summed E-state index contributed by atoms with van der Waals surface area (Å²) < 4.78 is 4.94. The lowest BCUT2D eigenvalue weighted by Gasteiger charge is -2.30. The van der Waals surface area contributed by atoms with Gasteiger partial charge in [-0.3, -0.25) is 0 Å². The van der Waals surface area contributed by atoms with Crippen LogP contribution in [0.15, 0.2) is 23.0 Å². The molecule has 4 heteroatoms. The second-order valence-corrected chi connectivity index (χ2v) is 4.46. The molecule has 1 saturated heterocycles. The van der Waals surface area contributed by atoms with Crippen LogP contribution >= 0.6 is 0 Å². The average Bonchev–Trinajstić information content (AvgIpc) is 2.80. The molecule has 0 radical (unpaired) electrons. The number of carbonyl (C=O) groups excluding carboxylic acids is 1. The lowest BCUT2D eigenvalue weighted by atomic mass is 10.00. The van der Waals surface area contributed by atoms with Crippen LogP contribution in [-0.4, -0.2) is 24.0 Å². The monoisotopic (exact) mass is 222 g/mol. The first kappa shape index (κ1) is 11.0. The van der Waals surface area contributed by atoms with Crippen molar-refractivity contribution >= 4 is 6.03 Å². The third-order valence-corrected chi connectivity index (χ3v) is 3.09. The number of piperidine rings is 1. The summed E-state index contributed by atoms with van der Waals surface area (Å²) in [6, 6.07) is 1.89. The fourth-order valence-corrected chi connectivity index (χ4v) is 1.89. The molecule has 1 N–H and O–H groups in total. The van der Waals surface area contributed by atoms with E-state index in [-0.39, 0.29) is 6.03 Å². The van der Waals surface area contributed by atoms with E-state index < -0.39 is 0 Å². The second-order valence-electron chi connectivity index (χ2n) is 4.46. The molecule has 0 aromatic carbocycles. The van der Waals surface area contributed by atoms with Crippen molar-refractivity contribution in [1.29, 1.82) is 0 Å². The van der Waals surface area contributed by atoms with Crippen molar-refractivity contribution in [1.82, 2.24) is 10.2 Å². The molecule has 0 bridgehead atoms. The molecular weight excluding hydrogens is 204 g/mol. The summed E-state index contributed by atoms with van der Waals surface area (Å²) in [5.74, 6) is 0.748. The standard InChI is InChI=1S/C12H18N2O2/c1-10-2-5-14(6-3-10)12(15)13-8-11-4-7-16-9-11/h4,7,9-10H,2-3,5-6,8H2,1H3,(H,13,15). The van der Waals surface area contributed by atoms with Crippen molar-refractivity contribution < 1.29 is 9.21 Å². The molecule has 0 aliphatic carbocycles. The van der Waals surface area contributed by atoms with Gasteiger partial charge in [0.15, 0.2) is 0 Å². The van der Waals surface area contributed by atoms with E-state index in [1.54, 1.807) is 12.5 Å². The molecular formula is C12H18N2O2. The van der Waals surface area contributed by atoms with Crippen molar-refractivity contribution in [2.24, 2.45) is 5.92 Å². The largest absolute Gasteiger partial charge is 0.472 e. The molecule has 1 aromatic heterocycles. The van der Waals surface area contributed by atoms with Gasteiger partial charge in [0, 0.05) is 25.2 Å². The van der Waals surface area contributed by atoms with Crippen molar-refractivity contribution in [3.05, 3.63) is 24.2 Å². The molecule has 88 valence electrons. The van der Waals surface area contributed by atoms with E-state index in [1.807, 2.05) is 11.0 Å². The molecule has 16 heavy (non-hydrogen) atoms. The van der Waals surface area contributed by atoms with Gasteiger partial charge in [-0.1, -0.05) is 6.92 Å². The predicted octanol–water partition coefficient (Wildman–Crippen LogP) is 2.22. The molecule has 1 aromatic rings. The molecule has 0 saturated carbocycles. The number of likely N-dealkylation sites (tertiary alicyclic amines) is 1. The van der Waals surface area contributed by atoms with E-state index in [1.165, 1.54) is 0 Å². The number of carbonyl (C=O) groups is 1. The molecule has 1 aliphatic rings. The Morgan fingerprint density at radius 1 is 1.56 bits per heavy atom. The van der Waals surface area contributed by atoms with Gasteiger partial charge in [0.25, 0.3) is 0 Å². The highest BCUT2D eigenvalue weighted by molar-refractivity contribution is 5.74. The average molecular weight is 222 g/mol. The molecule has 1 aliphatic heterocycles. The molecule has 2 rings (SSSR count). The number of rotatable bonds is 2. The van der Waals surface area contributed by atoms with E-state index in [0.717, 1.165) is 37.4 Å². The highest BCUT2D eigenvalue weighted by Gasteiger charge is 2.19. The fraction of sp³-hybridized carbons (Fsp3) is 0.583. The van der Waals surface area contributed by atoms with Gasteiger partial charge < -0.3 is 14.6 Å². The third kappa shape index (κ3) is 2.78. The molecule has 0 atom stereocenters. The van der Waals surface area contributed by atoms with Crippen LogP contribution in [0.4, 0.5) is 4.79 Å². The van der Waals surface area contributed by atoms with Gasteiger partial charge in [-0.25, -0.2) is 4.79 Å². The summed E-state index contributed by atoms with van der Waals surface area (Å²) in [4.78, 5) is 13.7. The normalized spacial score (nSPS) is 17.4. The third-order valence-electron chi connectivity index (χ3n) is 3.09. The summed E-state index contributed by atoms with van der Waals surface area (Å²) in [6.45, 7) is 4.53. The number of urea groups is 1. The summed E-state index contributed by atoms with van der Waals surface area (Å²) in [7, 11) is 0. The maximum Gasteiger partial charge on any atom is 0.317 e. The lowest BCUT2D eigenvalue weighted by Crippen LogP contribution is -2.43. The molecule has 2 amide bonds. The van der Waals surface area contributed by atoms with E-state index in [4.69, 9.17) is 4.42 Å². The summed E-state index contributed by atoms with van der Waals surface area (Å²) in [6.07, 6.45) is 5.49. The first-order valence-corrected chi connectivity index (χ1v) is 5.79. The van der Waals surface area contributed by atoms with Gasteiger partial charge >= 0.3 is 6.03 Å². The quantitative estimate of drug-likeness (QED) is 0.834. The minimum Gasteiger partial charge on any atom is -0.472 e. The molecule has 4 nitrogen and oxygen atoms in total. The van der Waals surface area contributed by atoms with Gasteiger partial charge in [0.2, 0.25) is 0 Å². The van der Waals surface area contributed by atoms with Gasteiger partial charge in [-0.05, 0) is 24.8 Å². The summed E-state index contributed by atoms with van der Waals surface area (Å²) >= 11 is 0. The Morgan fingerprint density at radius 3 is 2.94 bits per heavy atom. The zero-order valence-corrected chi connectivity index (χ0v) is 9.61. The maximum atomic E-state index is 11.8. The highest BCUT2D eigenvalue weighted by atomic mass is 16.3. The lowest BCUT2D eigenvalue weighted by molar-refractivity contribution is 0.173. The Kier molecular flexibility index (Phi) is 3.49. The van der Waals surface area contributed by atoms with Gasteiger partial charge in [0.05, 0.1) is 12.5 Å². The molecule has 1 fully saturated rings. The van der Waals surface area contributed by atoms with Crippen LogP contribution in [0.3, 0.4) is 0 Å². The van der Waals surface area contributed by atoms with Crippen LogP contribution in [0.2, 0.25) is 0 Å². The summed E-state index contributed by atoms with van der Waals surface area (Å²) in [5, 5.41) is 2.90. The van der Waals surface area contributed by atoms with E-state index in [9.17, 15) is 4.79 Å². The Hall–Kier alpha value is -1.45.